The van der Waals surface area contributed by atoms with E-state index in [0.29, 0.717) is 17.5 Å². The summed E-state index contributed by atoms with van der Waals surface area (Å²) in [5, 5.41) is 0.655. The van der Waals surface area contributed by atoms with Crippen molar-refractivity contribution in [3.8, 4) is 0 Å². The molecular weight excluding hydrogens is 210 g/mol. The van der Waals surface area contributed by atoms with Crippen molar-refractivity contribution in [3.05, 3.63) is 29.0 Å². The maximum absolute atomic E-state index is 5.87. The summed E-state index contributed by atoms with van der Waals surface area (Å²) in [4.78, 5) is 7.57. The lowest BCUT2D eigenvalue weighted by atomic mass is 10.0. The molecule has 0 aromatic carbocycles. The minimum absolute atomic E-state index is 0.433. The van der Waals surface area contributed by atoms with E-state index < -0.39 is 0 Å². The molecule has 0 fully saturated rings. The van der Waals surface area contributed by atoms with Gasteiger partial charge in [-0.05, 0) is 31.0 Å². The summed E-state index contributed by atoms with van der Waals surface area (Å²) in [6.45, 7) is 2.85. The number of aromatic nitrogens is 2. The number of nitrogens with two attached hydrogens (primary N) is 1. The molecule has 3 nitrogen and oxygen atoms in total. The number of aromatic amines is 1. The lowest BCUT2D eigenvalue weighted by molar-refractivity contribution is 0.676. The Bertz CT molecular complexity index is 464. The monoisotopic (exact) mass is 223 g/mol. The first kappa shape index (κ1) is 10.5. The van der Waals surface area contributed by atoms with Gasteiger partial charge < -0.3 is 10.7 Å². The van der Waals surface area contributed by atoms with Crippen LogP contribution in [0.3, 0.4) is 0 Å². The molecule has 2 heterocycles. The molecule has 0 saturated heterocycles. The molecule has 0 amide bonds. The molecule has 4 heteroatoms. The van der Waals surface area contributed by atoms with Crippen LogP contribution in [0, 0.1) is 0 Å². The van der Waals surface area contributed by atoms with Crippen LogP contribution < -0.4 is 5.73 Å². The van der Waals surface area contributed by atoms with Crippen LogP contribution in [0.25, 0.3) is 11.0 Å². The standard InChI is InChI=1S/C11H14ClN3/c1-7(2-3-13)9-5-10-11(15-9)4-8(12)6-14-10/h4-7,15H,2-3,13H2,1H3. The van der Waals surface area contributed by atoms with Crippen LogP contribution >= 0.6 is 11.6 Å². The number of halogens is 1. The number of nitrogens with one attached hydrogen (secondary N) is 1. The lowest BCUT2D eigenvalue weighted by Crippen LogP contribution is -2.04. The van der Waals surface area contributed by atoms with E-state index in [4.69, 9.17) is 17.3 Å². The van der Waals surface area contributed by atoms with Crippen molar-refractivity contribution in [2.45, 2.75) is 19.3 Å². The Labute approximate surface area is 93.6 Å². The largest absolute Gasteiger partial charge is 0.357 e. The van der Waals surface area contributed by atoms with Crippen LogP contribution in [-0.4, -0.2) is 16.5 Å². The number of fused-ring (bicyclic) bond motifs is 1. The molecule has 3 N–H and O–H groups in total. The number of rotatable bonds is 3. The van der Waals surface area contributed by atoms with Crippen LogP contribution in [0.15, 0.2) is 18.3 Å². The highest BCUT2D eigenvalue weighted by Gasteiger charge is 2.08. The normalized spacial score (nSPS) is 13.3. The molecule has 2 rings (SSSR count). The summed E-state index contributed by atoms with van der Waals surface area (Å²) in [5.74, 6) is 0.433. The molecule has 1 atom stereocenters. The fourth-order valence-electron chi connectivity index (χ4n) is 1.67. The van der Waals surface area contributed by atoms with E-state index in [0.717, 1.165) is 17.5 Å². The van der Waals surface area contributed by atoms with Crippen LogP contribution in [0.2, 0.25) is 5.02 Å². The highest BCUT2D eigenvalue weighted by Crippen LogP contribution is 2.23. The van der Waals surface area contributed by atoms with Crippen molar-refractivity contribution in [3.63, 3.8) is 0 Å². The molecular formula is C11H14ClN3. The zero-order valence-electron chi connectivity index (χ0n) is 8.63. The number of hydrogen-bond acceptors (Lipinski definition) is 2. The summed E-state index contributed by atoms with van der Waals surface area (Å²) < 4.78 is 0. The second-order valence-corrected chi connectivity index (χ2v) is 4.23. The molecule has 0 spiro atoms. The average Bonchev–Trinajstić information content (AvgIpc) is 2.60. The van der Waals surface area contributed by atoms with E-state index in [1.807, 2.05) is 6.07 Å². The molecule has 1 unspecified atom stereocenters. The second-order valence-electron chi connectivity index (χ2n) is 3.79. The summed E-state index contributed by atoms with van der Waals surface area (Å²) in [6.07, 6.45) is 2.63. The second kappa shape index (κ2) is 4.21. The minimum Gasteiger partial charge on any atom is -0.357 e. The van der Waals surface area contributed by atoms with Gasteiger partial charge in [0.05, 0.1) is 16.1 Å². The van der Waals surface area contributed by atoms with Gasteiger partial charge in [-0.3, -0.25) is 4.98 Å². The predicted molar refractivity (Wildman–Crippen MR) is 63.2 cm³/mol. The maximum atomic E-state index is 5.87. The molecule has 80 valence electrons. The van der Waals surface area contributed by atoms with Crippen LogP contribution in [0.1, 0.15) is 25.0 Å². The Hall–Kier alpha value is -1.06. The molecule has 0 saturated carbocycles. The van der Waals surface area contributed by atoms with E-state index >= 15 is 0 Å². The van der Waals surface area contributed by atoms with Crippen molar-refractivity contribution >= 4 is 22.6 Å². The zero-order chi connectivity index (χ0) is 10.8. The molecule has 2 aromatic rings. The first-order valence-corrected chi connectivity index (χ1v) is 5.42. The van der Waals surface area contributed by atoms with Crippen molar-refractivity contribution in [1.82, 2.24) is 9.97 Å². The van der Waals surface area contributed by atoms with Gasteiger partial charge in [0.25, 0.3) is 0 Å². The third kappa shape index (κ3) is 2.13. The van der Waals surface area contributed by atoms with Gasteiger partial charge in [-0.2, -0.15) is 0 Å². The number of hydrogen-bond donors (Lipinski definition) is 2. The third-order valence-electron chi connectivity index (χ3n) is 2.59. The topological polar surface area (TPSA) is 54.7 Å². The van der Waals surface area contributed by atoms with Gasteiger partial charge in [0.15, 0.2) is 0 Å². The summed E-state index contributed by atoms with van der Waals surface area (Å²) >= 11 is 5.87. The number of nitrogens with zero attached hydrogens (tertiary/aromatic N) is 1. The van der Waals surface area contributed by atoms with E-state index in [-0.39, 0.29) is 0 Å². The number of H-pyrrole nitrogens is 1. The Balaban J connectivity index is 2.38. The Morgan fingerprint density at radius 2 is 2.33 bits per heavy atom. The molecule has 0 aliphatic carbocycles. The van der Waals surface area contributed by atoms with Gasteiger partial charge in [-0.15, -0.1) is 0 Å². The van der Waals surface area contributed by atoms with Crippen molar-refractivity contribution in [1.29, 1.82) is 0 Å². The van der Waals surface area contributed by atoms with E-state index in [1.54, 1.807) is 6.20 Å². The Morgan fingerprint density at radius 3 is 3.07 bits per heavy atom. The van der Waals surface area contributed by atoms with Gasteiger partial charge in [0.1, 0.15) is 0 Å². The summed E-state index contributed by atoms with van der Waals surface area (Å²) in [5.41, 5.74) is 8.65. The smallest absolute Gasteiger partial charge is 0.0882 e. The van der Waals surface area contributed by atoms with E-state index in [2.05, 4.69) is 23.0 Å². The van der Waals surface area contributed by atoms with E-state index in [1.165, 1.54) is 5.69 Å². The molecule has 15 heavy (non-hydrogen) atoms. The van der Waals surface area contributed by atoms with Gasteiger partial charge in [0, 0.05) is 11.9 Å². The highest BCUT2D eigenvalue weighted by atomic mass is 35.5. The first-order chi connectivity index (χ1) is 7.20. The molecule has 0 aliphatic heterocycles. The third-order valence-corrected chi connectivity index (χ3v) is 2.79. The van der Waals surface area contributed by atoms with E-state index in [9.17, 15) is 0 Å². The average molecular weight is 224 g/mol. The molecule has 0 bridgehead atoms. The fourth-order valence-corrected chi connectivity index (χ4v) is 1.83. The van der Waals surface area contributed by atoms with Gasteiger partial charge >= 0.3 is 0 Å². The molecule has 0 radical (unpaired) electrons. The van der Waals surface area contributed by atoms with Crippen molar-refractivity contribution < 1.29 is 0 Å². The van der Waals surface area contributed by atoms with Crippen molar-refractivity contribution in [2.24, 2.45) is 5.73 Å². The van der Waals surface area contributed by atoms with Gasteiger partial charge in [-0.25, -0.2) is 0 Å². The predicted octanol–water partition coefficient (Wildman–Crippen LogP) is 2.67. The summed E-state index contributed by atoms with van der Waals surface area (Å²) in [6, 6.07) is 3.95. The maximum Gasteiger partial charge on any atom is 0.0882 e. The summed E-state index contributed by atoms with van der Waals surface area (Å²) in [7, 11) is 0. The number of pyridine rings is 1. The highest BCUT2D eigenvalue weighted by molar-refractivity contribution is 6.31. The van der Waals surface area contributed by atoms with Crippen molar-refractivity contribution in [2.75, 3.05) is 6.54 Å². The van der Waals surface area contributed by atoms with Crippen LogP contribution in [0.5, 0.6) is 0 Å². The molecule has 0 aliphatic rings. The van der Waals surface area contributed by atoms with Crippen LogP contribution in [0.4, 0.5) is 0 Å². The Kier molecular flexibility index (Phi) is 2.93. The quantitative estimate of drug-likeness (QED) is 0.841. The fraction of sp³-hybridized carbons (Fsp3) is 0.364. The zero-order valence-corrected chi connectivity index (χ0v) is 9.38. The van der Waals surface area contributed by atoms with Gasteiger partial charge in [-0.1, -0.05) is 18.5 Å². The minimum atomic E-state index is 0.433. The van der Waals surface area contributed by atoms with Crippen LogP contribution in [-0.2, 0) is 0 Å². The SMILES string of the molecule is CC(CCN)c1cc2ncc(Cl)cc2[nH]1. The molecule has 2 aromatic heterocycles. The Morgan fingerprint density at radius 1 is 1.53 bits per heavy atom. The van der Waals surface area contributed by atoms with Gasteiger partial charge in [0.2, 0.25) is 0 Å². The first-order valence-electron chi connectivity index (χ1n) is 5.05. The lowest BCUT2D eigenvalue weighted by Gasteiger charge is -2.06.